The van der Waals surface area contributed by atoms with Crippen LogP contribution in [-0.2, 0) is 13.0 Å². The number of carbonyl (C=O) groups is 1. The molecule has 0 radical (unpaired) electrons. The monoisotopic (exact) mass is 326 g/mol. The van der Waals surface area contributed by atoms with Crippen LogP contribution in [0.3, 0.4) is 0 Å². The Morgan fingerprint density at radius 2 is 2.05 bits per heavy atom. The fourth-order valence-electron chi connectivity index (χ4n) is 2.41. The molecular weight excluding hydrogens is 315 g/mol. The average Bonchev–Trinajstić information content (AvgIpc) is 2.76. The number of benzene rings is 1. The molecule has 3 rings (SSSR count). The van der Waals surface area contributed by atoms with E-state index in [1.807, 2.05) is 18.2 Å². The van der Waals surface area contributed by atoms with Crippen molar-refractivity contribution in [1.82, 2.24) is 4.90 Å². The van der Waals surface area contributed by atoms with Crippen LogP contribution in [0.5, 0.6) is 0 Å². The first-order valence-electron chi connectivity index (χ1n) is 6.16. The van der Waals surface area contributed by atoms with Crippen molar-refractivity contribution in [2.45, 2.75) is 13.0 Å². The third-order valence-electron chi connectivity index (χ3n) is 3.42. The van der Waals surface area contributed by atoms with Crippen LogP contribution in [0.2, 0.25) is 8.67 Å². The summed E-state index contributed by atoms with van der Waals surface area (Å²) < 4.78 is 0.971. The Morgan fingerprint density at radius 1 is 1.25 bits per heavy atom. The maximum absolute atomic E-state index is 12.5. The Kier molecular flexibility index (Phi) is 3.63. The van der Waals surface area contributed by atoms with Crippen LogP contribution in [0.15, 0.2) is 24.3 Å². The number of nitrogens with two attached hydrogens (primary N) is 1. The second-order valence-corrected chi connectivity index (χ2v) is 7.03. The third-order valence-corrected chi connectivity index (χ3v) is 4.90. The van der Waals surface area contributed by atoms with Crippen LogP contribution >= 0.6 is 34.5 Å². The van der Waals surface area contributed by atoms with Crippen molar-refractivity contribution >= 4 is 46.1 Å². The molecule has 104 valence electrons. The molecular formula is C14H12Cl2N2OS. The number of halogens is 2. The lowest BCUT2D eigenvalue weighted by Crippen LogP contribution is -2.35. The van der Waals surface area contributed by atoms with Crippen LogP contribution in [0.1, 0.15) is 21.5 Å². The molecule has 1 amide bonds. The Morgan fingerprint density at radius 3 is 2.75 bits per heavy atom. The molecule has 0 bridgehead atoms. The van der Waals surface area contributed by atoms with Gasteiger partial charge in [-0.05, 0) is 35.7 Å². The summed E-state index contributed by atoms with van der Waals surface area (Å²) in [6.45, 7) is 1.24. The minimum absolute atomic E-state index is 0.0776. The van der Waals surface area contributed by atoms with E-state index in [-0.39, 0.29) is 5.91 Å². The van der Waals surface area contributed by atoms with Crippen LogP contribution in [0.4, 0.5) is 5.69 Å². The zero-order chi connectivity index (χ0) is 14.3. The van der Waals surface area contributed by atoms with E-state index < -0.39 is 0 Å². The first-order valence-corrected chi connectivity index (χ1v) is 7.73. The predicted molar refractivity (Wildman–Crippen MR) is 83.6 cm³/mol. The van der Waals surface area contributed by atoms with Crippen LogP contribution in [-0.4, -0.2) is 17.4 Å². The number of rotatable bonds is 1. The quantitative estimate of drug-likeness (QED) is 0.809. The SMILES string of the molecule is Nc1ccc2c(c1)CN(C(=O)c1cc(Cl)sc1Cl)CC2. The summed E-state index contributed by atoms with van der Waals surface area (Å²) in [6, 6.07) is 7.48. The Hall–Kier alpha value is -1.23. The lowest BCUT2D eigenvalue weighted by Gasteiger charge is -2.29. The molecule has 0 saturated heterocycles. The fourth-order valence-corrected chi connectivity index (χ4v) is 3.85. The fraction of sp³-hybridized carbons (Fsp3) is 0.214. The van der Waals surface area contributed by atoms with Gasteiger partial charge >= 0.3 is 0 Å². The van der Waals surface area contributed by atoms with E-state index in [0.29, 0.717) is 27.3 Å². The molecule has 1 aromatic carbocycles. The summed E-state index contributed by atoms with van der Waals surface area (Å²) in [4.78, 5) is 14.3. The second kappa shape index (κ2) is 5.28. The van der Waals surface area contributed by atoms with Crippen molar-refractivity contribution in [2.75, 3.05) is 12.3 Å². The number of anilines is 1. The van der Waals surface area contributed by atoms with Crippen LogP contribution in [0, 0.1) is 0 Å². The summed E-state index contributed by atoms with van der Waals surface area (Å²) in [5.41, 5.74) is 9.35. The van der Waals surface area contributed by atoms with Gasteiger partial charge in [-0.25, -0.2) is 0 Å². The highest BCUT2D eigenvalue weighted by molar-refractivity contribution is 7.20. The van der Waals surface area contributed by atoms with Gasteiger partial charge in [-0.15, -0.1) is 11.3 Å². The van der Waals surface area contributed by atoms with E-state index in [4.69, 9.17) is 28.9 Å². The highest BCUT2D eigenvalue weighted by Crippen LogP contribution is 2.33. The molecule has 1 aromatic heterocycles. The number of thiophene rings is 1. The van der Waals surface area contributed by atoms with Gasteiger partial charge < -0.3 is 10.6 Å². The maximum Gasteiger partial charge on any atom is 0.256 e. The summed E-state index contributed by atoms with van der Waals surface area (Å²) >= 11 is 13.2. The van der Waals surface area contributed by atoms with Gasteiger partial charge in [0.2, 0.25) is 0 Å². The third kappa shape index (κ3) is 2.51. The normalized spacial score (nSPS) is 14.2. The number of fused-ring (bicyclic) bond motifs is 1. The molecule has 0 fully saturated rings. The lowest BCUT2D eigenvalue weighted by atomic mass is 9.99. The summed E-state index contributed by atoms with van der Waals surface area (Å²) in [6.07, 6.45) is 0.830. The number of nitrogens with zero attached hydrogens (tertiary/aromatic N) is 1. The minimum Gasteiger partial charge on any atom is -0.399 e. The number of nitrogen functional groups attached to an aromatic ring is 1. The van der Waals surface area contributed by atoms with Crippen molar-refractivity contribution in [1.29, 1.82) is 0 Å². The minimum atomic E-state index is -0.0776. The van der Waals surface area contributed by atoms with Crippen molar-refractivity contribution in [3.63, 3.8) is 0 Å². The van der Waals surface area contributed by atoms with Gasteiger partial charge in [-0.2, -0.15) is 0 Å². The molecule has 0 aliphatic carbocycles. The van der Waals surface area contributed by atoms with Crippen molar-refractivity contribution in [3.05, 3.63) is 49.6 Å². The van der Waals surface area contributed by atoms with E-state index in [1.165, 1.54) is 16.9 Å². The number of hydrogen-bond acceptors (Lipinski definition) is 3. The molecule has 2 aromatic rings. The molecule has 0 spiro atoms. The van der Waals surface area contributed by atoms with Gasteiger partial charge in [-0.3, -0.25) is 4.79 Å². The van der Waals surface area contributed by atoms with Crippen molar-refractivity contribution in [2.24, 2.45) is 0 Å². The Labute approximate surface area is 130 Å². The zero-order valence-electron chi connectivity index (χ0n) is 10.5. The average molecular weight is 327 g/mol. The number of hydrogen-bond donors (Lipinski definition) is 1. The second-order valence-electron chi connectivity index (χ2n) is 4.74. The molecule has 2 heterocycles. The first-order chi connectivity index (χ1) is 9.54. The molecule has 20 heavy (non-hydrogen) atoms. The van der Waals surface area contributed by atoms with Gasteiger partial charge in [0.05, 0.1) is 9.90 Å². The van der Waals surface area contributed by atoms with Gasteiger partial charge in [0, 0.05) is 18.8 Å². The van der Waals surface area contributed by atoms with Gasteiger partial charge in [-0.1, -0.05) is 29.3 Å². The van der Waals surface area contributed by atoms with Gasteiger partial charge in [0.1, 0.15) is 4.34 Å². The first kappa shape index (κ1) is 13.7. The molecule has 1 aliphatic rings. The molecule has 0 saturated carbocycles. The van der Waals surface area contributed by atoms with E-state index >= 15 is 0 Å². The van der Waals surface area contributed by atoms with E-state index in [9.17, 15) is 4.79 Å². The van der Waals surface area contributed by atoms with Crippen LogP contribution in [0.25, 0.3) is 0 Å². The molecule has 1 aliphatic heterocycles. The highest BCUT2D eigenvalue weighted by Gasteiger charge is 2.24. The molecule has 3 nitrogen and oxygen atoms in total. The predicted octanol–water partition coefficient (Wildman–Crippen LogP) is 3.84. The maximum atomic E-state index is 12.5. The van der Waals surface area contributed by atoms with Crippen LogP contribution < -0.4 is 5.73 Å². The van der Waals surface area contributed by atoms with Gasteiger partial charge in [0.15, 0.2) is 0 Å². The molecule has 2 N–H and O–H groups in total. The molecule has 6 heteroatoms. The molecule has 0 unspecified atom stereocenters. The Bertz CT molecular complexity index is 684. The van der Waals surface area contributed by atoms with E-state index in [1.54, 1.807) is 11.0 Å². The molecule has 0 atom stereocenters. The van der Waals surface area contributed by atoms with E-state index in [0.717, 1.165) is 17.7 Å². The Balaban J connectivity index is 1.86. The smallest absolute Gasteiger partial charge is 0.256 e. The zero-order valence-corrected chi connectivity index (χ0v) is 12.9. The largest absolute Gasteiger partial charge is 0.399 e. The summed E-state index contributed by atoms with van der Waals surface area (Å²) in [5.74, 6) is -0.0776. The summed E-state index contributed by atoms with van der Waals surface area (Å²) in [7, 11) is 0. The van der Waals surface area contributed by atoms with Gasteiger partial charge in [0.25, 0.3) is 5.91 Å². The number of carbonyl (C=O) groups excluding carboxylic acids is 1. The lowest BCUT2D eigenvalue weighted by molar-refractivity contribution is 0.0735. The standard InChI is InChI=1S/C14H12Cl2N2OS/c15-12-6-11(13(16)20-12)14(19)18-4-3-8-1-2-10(17)5-9(8)7-18/h1-2,5-6H,3-4,7,17H2. The van der Waals surface area contributed by atoms with E-state index in [2.05, 4.69) is 0 Å². The van der Waals surface area contributed by atoms with Crippen molar-refractivity contribution < 1.29 is 4.79 Å². The highest BCUT2D eigenvalue weighted by atomic mass is 35.5. The number of amides is 1. The topological polar surface area (TPSA) is 46.3 Å². The van der Waals surface area contributed by atoms with Crippen molar-refractivity contribution in [3.8, 4) is 0 Å². The summed E-state index contributed by atoms with van der Waals surface area (Å²) in [5, 5.41) is 0.